The maximum atomic E-state index is 6.03. The molecule has 0 radical (unpaired) electrons. The third-order valence-electron chi connectivity index (χ3n) is 4.48. The molecular weight excluding hydrogens is 411 g/mol. The molecule has 2 aromatic heterocycles. The normalized spacial score (nSPS) is 19.6. The number of alkyl halides is 1. The summed E-state index contributed by atoms with van der Waals surface area (Å²) >= 11 is 2.44. The van der Waals surface area contributed by atoms with E-state index in [1.54, 1.807) is 0 Å². The van der Waals surface area contributed by atoms with Gasteiger partial charge in [-0.05, 0) is 35.9 Å². The van der Waals surface area contributed by atoms with E-state index in [0.29, 0.717) is 6.61 Å². The van der Waals surface area contributed by atoms with E-state index in [-0.39, 0.29) is 5.41 Å². The molecule has 0 amide bonds. The van der Waals surface area contributed by atoms with Crippen LogP contribution in [0.2, 0.25) is 0 Å². The smallest absolute Gasteiger partial charge is 0.149 e. The molecule has 4 heteroatoms. The lowest BCUT2D eigenvalue weighted by atomic mass is 9.85. The van der Waals surface area contributed by atoms with Crippen molar-refractivity contribution in [3.05, 3.63) is 65.6 Å². The van der Waals surface area contributed by atoms with Crippen molar-refractivity contribution in [3.63, 3.8) is 0 Å². The van der Waals surface area contributed by atoms with E-state index in [1.165, 1.54) is 5.56 Å². The molecule has 1 atom stereocenters. The predicted molar refractivity (Wildman–Crippen MR) is 107 cm³/mol. The lowest BCUT2D eigenvalue weighted by Gasteiger charge is -2.19. The van der Waals surface area contributed by atoms with Crippen molar-refractivity contribution in [1.29, 1.82) is 0 Å². The number of halogens is 1. The van der Waals surface area contributed by atoms with Crippen molar-refractivity contribution in [2.24, 2.45) is 0 Å². The maximum absolute atomic E-state index is 6.03. The van der Waals surface area contributed by atoms with Crippen LogP contribution >= 0.6 is 22.6 Å². The van der Waals surface area contributed by atoms with Gasteiger partial charge in [-0.2, -0.15) is 0 Å². The van der Waals surface area contributed by atoms with Gasteiger partial charge in [0.2, 0.25) is 0 Å². The lowest BCUT2D eigenvalue weighted by Crippen LogP contribution is -2.25. The number of ether oxygens (including phenoxy) is 1. The number of nitrogens with zero attached hydrogens (tertiary/aromatic N) is 2. The molecule has 0 saturated carbocycles. The van der Waals surface area contributed by atoms with Gasteiger partial charge >= 0.3 is 0 Å². The number of aromatic nitrogens is 2. The van der Waals surface area contributed by atoms with Crippen molar-refractivity contribution in [3.8, 4) is 5.75 Å². The molecule has 1 aliphatic rings. The zero-order valence-electron chi connectivity index (χ0n) is 13.4. The molecule has 0 aliphatic carbocycles. The molecule has 24 heavy (non-hydrogen) atoms. The van der Waals surface area contributed by atoms with Crippen molar-refractivity contribution < 1.29 is 4.74 Å². The van der Waals surface area contributed by atoms with Gasteiger partial charge in [0.25, 0.3) is 0 Å². The standard InChI is InChI=1S/C20H17IN2O/c1-20(12-21)13-24-19-17(20)11-14(16-6-4-10-23-18(16)19)7-8-15-5-2-3-9-22-15/h2-11H,12-13H2,1H3/b8-7+. The largest absolute Gasteiger partial charge is 0.490 e. The first-order valence-electron chi connectivity index (χ1n) is 7.91. The summed E-state index contributed by atoms with van der Waals surface area (Å²) in [7, 11) is 0. The van der Waals surface area contributed by atoms with Crippen molar-refractivity contribution >= 4 is 45.6 Å². The molecule has 0 spiro atoms. The molecular formula is C20H17IN2O. The summed E-state index contributed by atoms with van der Waals surface area (Å²) in [4.78, 5) is 8.95. The van der Waals surface area contributed by atoms with Crippen LogP contribution in [0.1, 0.15) is 23.7 Å². The summed E-state index contributed by atoms with van der Waals surface area (Å²) in [6.45, 7) is 2.97. The van der Waals surface area contributed by atoms with Crippen molar-refractivity contribution in [2.75, 3.05) is 11.0 Å². The summed E-state index contributed by atoms with van der Waals surface area (Å²) in [5.74, 6) is 0.944. The Hall–Kier alpha value is -1.95. The van der Waals surface area contributed by atoms with Crippen LogP contribution in [0.5, 0.6) is 5.75 Å². The number of fused-ring (bicyclic) bond motifs is 3. The average Bonchev–Trinajstić information content (AvgIpc) is 2.98. The molecule has 3 nitrogen and oxygen atoms in total. The molecule has 0 fully saturated rings. The summed E-state index contributed by atoms with van der Waals surface area (Å²) in [5.41, 5.74) is 4.34. The Balaban J connectivity index is 1.90. The van der Waals surface area contributed by atoms with Crippen LogP contribution in [0.3, 0.4) is 0 Å². The molecule has 1 aromatic carbocycles. The van der Waals surface area contributed by atoms with E-state index < -0.39 is 0 Å². The minimum absolute atomic E-state index is 0.0369. The molecule has 120 valence electrons. The van der Waals surface area contributed by atoms with Crippen LogP contribution in [0.25, 0.3) is 23.1 Å². The van der Waals surface area contributed by atoms with E-state index in [4.69, 9.17) is 4.74 Å². The molecule has 0 saturated heterocycles. The Morgan fingerprint density at radius 3 is 2.83 bits per heavy atom. The predicted octanol–water partition coefficient (Wildman–Crippen LogP) is 4.89. The second kappa shape index (κ2) is 6.16. The maximum Gasteiger partial charge on any atom is 0.149 e. The Kier molecular flexibility index (Phi) is 4.00. The fraction of sp³-hybridized carbons (Fsp3) is 0.200. The van der Waals surface area contributed by atoms with Crippen LogP contribution < -0.4 is 4.74 Å². The molecule has 0 bridgehead atoms. The molecule has 3 aromatic rings. The van der Waals surface area contributed by atoms with Gasteiger partial charge in [-0.25, -0.2) is 0 Å². The second-order valence-electron chi connectivity index (χ2n) is 6.31. The Morgan fingerprint density at radius 2 is 2.04 bits per heavy atom. The number of hydrogen-bond donors (Lipinski definition) is 0. The van der Waals surface area contributed by atoms with E-state index >= 15 is 0 Å². The third-order valence-corrected chi connectivity index (χ3v) is 6.16. The topological polar surface area (TPSA) is 35.0 Å². The van der Waals surface area contributed by atoms with E-state index in [2.05, 4.69) is 57.7 Å². The number of benzene rings is 1. The Bertz CT molecular complexity index is 924. The number of hydrogen-bond acceptors (Lipinski definition) is 3. The summed E-state index contributed by atoms with van der Waals surface area (Å²) in [6.07, 6.45) is 7.81. The molecule has 4 rings (SSSR count). The highest BCUT2D eigenvalue weighted by Gasteiger charge is 2.37. The molecule has 1 unspecified atom stereocenters. The zero-order valence-corrected chi connectivity index (χ0v) is 15.5. The van der Waals surface area contributed by atoms with Crippen LogP contribution in [0.4, 0.5) is 0 Å². The highest BCUT2D eigenvalue weighted by molar-refractivity contribution is 14.1. The van der Waals surface area contributed by atoms with Crippen molar-refractivity contribution in [2.45, 2.75) is 12.3 Å². The first-order chi connectivity index (χ1) is 11.7. The van der Waals surface area contributed by atoms with Gasteiger partial charge in [0.15, 0.2) is 0 Å². The summed E-state index contributed by atoms with van der Waals surface area (Å²) in [6, 6.07) is 12.3. The average molecular weight is 428 g/mol. The van der Waals surface area contributed by atoms with Crippen LogP contribution in [0.15, 0.2) is 48.8 Å². The van der Waals surface area contributed by atoms with Gasteiger partial charge in [-0.15, -0.1) is 0 Å². The van der Waals surface area contributed by atoms with Gasteiger partial charge in [0.05, 0.1) is 12.3 Å². The van der Waals surface area contributed by atoms with Crippen molar-refractivity contribution in [1.82, 2.24) is 9.97 Å². The molecule has 0 N–H and O–H groups in total. The summed E-state index contributed by atoms with van der Waals surface area (Å²) < 4.78 is 7.05. The highest BCUT2D eigenvalue weighted by atomic mass is 127. The number of pyridine rings is 2. The third kappa shape index (κ3) is 2.59. The van der Waals surface area contributed by atoms with E-state index in [0.717, 1.165) is 32.3 Å². The highest BCUT2D eigenvalue weighted by Crippen LogP contribution is 2.45. The SMILES string of the molecule is CC1(CI)COc2c1cc(/C=C/c1ccccn1)c1cccnc21. The van der Waals surface area contributed by atoms with Crippen LogP contribution in [-0.2, 0) is 5.41 Å². The quantitative estimate of drug-likeness (QED) is 0.441. The molecule has 1 aliphatic heterocycles. The Morgan fingerprint density at radius 1 is 1.17 bits per heavy atom. The lowest BCUT2D eigenvalue weighted by molar-refractivity contribution is 0.297. The fourth-order valence-corrected chi connectivity index (χ4v) is 3.68. The van der Waals surface area contributed by atoms with E-state index in [9.17, 15) is 0 Å². The second-order valence-corrected chi connectivity index (χ2v) is 7.08. The van der Waals surface area contributed by atoms with Gasteiger partial charge in [-0.3, -0.25) is 9.97 Å². The summed E-state index contributed by atoms with van der Waals surface area (Å²) in [5, 5.41) is 1.11. The van der Waals surface area contributed by atoms with E-state index in [1.807, 2.05) is 42.7 Å². The first-order valence-corrected chi connectivity index (χ1v) is 9.44. The van der Waals surface area contributed by atoms with Gasteiger partial charge in [-0.1, -0.05) is 47.7 Å². The minimum Gasteiger partial charge on any atom is -0.490 e. The molecule has 3 heterocycles. The monoisotopic (exact) mass is 428 g/mol. The fourth-order valence-electron chi connectivity index (χ4n) is 3.05. The first kappa shape index (κ1) is 15.6. The van der Waals surface area contributed by atoms with Crippen LogP contribution in [-0.4, -0.2) is 21.0 Å². The Labute approximate surface area is 154 Å². The van der Waals surface area contributed by atoms with Gasteiger partial charge in [0.1, 0.15) is 11.3 Å². The minimum atomic E-state index is 0.0369. The van der Waals surface area contributed by atoms with Gasteiger partial charge < -0.3 is 4.74 Å². The van der Waals surface area contributed by atoms with Gasteiger partial charge in [0, 0.05) is 33.2 Å². The zero-order chi connectivity index (χ0) is 16.6. The van der Waals surface area contributed by atoms with Crippen LogP contribution in [0, 0.1) is 0 Å². The number of rotatable bonds is 3.